The van der Waals surface area contributed by atoms with E-state index in [2.05, 4.69) is 0 Å². The van der Waals surface area contributed by atoms with Crippen molar-refractivity contribution in [1.29, 1.82) is 0 Å². The lowest BCUT2D eigenvalue weighted by Crippen LogP contribution is -2.63. The Hall–Kier alpha value is -3.40. The average molecular weight is 514 g/mol. The fourth-order valence-corrected chi connectivity index (χ4v) is 6.78. The van der Waals surface area contributed by atoms with Crippen LogP contribution in [0.4, 0.5) is 13.2 Å². The highest BCUT2D eigenvalue weighted by molar-refractivity contribution is 7.98. The Balaban J connectivity index is 1.67. The summed E-state index contributed by atoms with van der Waals surface area (Å²) in [6, 6.07) is 12.2. The molecule has 0 aliphatic carbocycles. The summed E-state index contributed by atoms with van der Waals surface area (Å²) in [5.41, 5.74) is -0.0230. The molecule has 1 aromatic heterocycles. The first-order valence-electron chi connectivity index (χ1n) is 11.7. The predicted octanol–water partition coefficient (Wildman–Crippen LogP) is 4.87. The van der Waals surface area contributed by atoms with Gasteiger partial charge in [0.25, 0.3) is 5.91 Å². The topological polar surface area (TPSA) is 65.8 Å². The van der Waals surface area contributed by atoms with E-state index >= 15 is 0 Å². The molecule has 0 unspecified atom stereocenters. The SMILES string of the molecule is O=C1c2c(O)c(=O)ccn2N([C@@H]2c3ccccc3SCc3c2cccc3C(F)(F)F)[C@@H]2CCCCN12. The number of aromatic hydroxyl groups is 1. The Morgan fingerprint density at radius 2 is 1.75 bits per heavy atom. The number of alkyl halides is 3. The lowest BCUT2D eigenvalue weighted by molar-refractivity contribution is -0.138. The molecule has 0 spiro atoms. The third-order valence-electron chi connectivity index (χ3n) is 7.21. The molecule has 6 rings (SSSR count). The third kappa shape index (κ3) is 3.42. The van der Waals surface area contributed by atoms with Crippen molar-refractivity contribution in [2.45, 2.75) is 48.3 Å². The first-order chi connectivity index (χ1) is 17.3. The summed E-state index contributed by atoms with van der Waals surface area (Å²) in [4.78, 5) is 28.2. The van der Waals surface area contributed by atoms with Crippen molar-refractivity contribution in [3.05, 3.63) is 92.9 Å². The van der Waals surface area contributed by atoms with Gasteiger partial charge in [-0.2, -0.15) is 13.2 Å². The fourth-order valence-electron chi connectivity index (χ4n) is 5.64. The molecule has 0 saturated carbocycles. The van der Waals surface area contributed by atoms with Gasteiger partial charge in [0.15, 0.2) is 11.4 Å². The van der Waals surface area contributed by atoms with Crippen molar-refractivity contribution < 1.29 is 23.1 Å². The highest BCUT2D eigenvalue weighted by atomic mass is 32.2. The van der Waals surface area contributed by atoms with Gasteiger partial charge in [0.05, 0.1) is 11.6 Å². The summed E-state index contributed by atoms with van der Waals surface area (Å²) in [6.45, 7) is 0.432. The van der Waals surface area contributed by atoms with Crippen LogP contribution in [0.25, 0.3) is 0 Å². The standard InChI is InChI=1S/C26H22F3N3O3S/c27-26(28,29)18-8-5-7-15-17(18)14-36-20-9-2-1-6-16(20)22(15)32-21-10-3-4-12-30(21)25(35)23-24(34)19(33)11-13-31(23)32/h1-2,5-9,11,13,21-22,34H,3-4,10,12,14H2/t21-,22+/m1/s1. The number of pyridine rings is 1. The van der Waals surface area contributed by atoms with Gasteiger partial charge in [-0.3, -0.25) is 19.3 Å². The van der Waals surface area contributed by atoms with Crippen LogP contribution in [-0.4, -0.2) is 33.3 Å². The zero-order valence-corrected chi connectivity index (χ0v) is 19.9. The molecular weight excluding hydrogens is 491 g/mol. The van der Waals surface area contributed by atoms with Crippen LogP contribution in [0.1, 0.15) is 58.0 Å². The van der Waals surface area contributed by atoms with Crippen molar-refractivity contribution in [3.63, 3.8) is 0 Å². The number of hydrogen-bond donors (Lipinski definition) is 1. The first-order valence-corrected chi connectivity index (χ1v) is 12.7. The summed E-state index contributed by atoms with van der Waals surface area (Å²) in [5, 5.41) is 12.5. The van der Waals surface area contributed by atoms with E-state index in [1.165, 1.54) is 34.8 Å². The van der Waals surface area contributed by atoms with Crippen LogP contribution in [0, 0.1) is 0 Å². The lowest BCUT2D eigenvalue weighted by atomic mass is 9.90. The van der Waals surface area contributed by atoms with Crippen molar-refractivity contribution in [3.8, 4) is 5.75 Å². The second-order valence-electron chi connectivity index (χ2n) is 9.18. The van der Waals surface area contributed by atoms with Gasteiger partial charge in [-0.25, -0.2) is 0 Å². The molecule has 186 valence electrons. The monoisotopic (exact) mass is 513 g/mol. The summed E-state index contributed by atoms with van der Waals surface area (Å²) in [6.07, 6.45) is -1.33. The number of piperidine rings is 1. The van der Waals surface area contributed by atoms with Crippen LogP contribution >= 0.6 is 11.8 Å². The van der Waals surface area contributed by atoms with Crippen LogP contribution in [0.15, 0.2) is 64.4 Å². The second kappa shape index (κ2) is 8.33. The van der Waals surface area contributed by atoms with Gasteiger partial charge < -0.3 is 10.0 Å². The van der Waals surface area contributed by atoms with Gasteiger partial charge in [-0.1, -0.05) is 30.3 Å². The highest BCUT2D eigenvalue weighted by Gasteiger charge is 2.46. The summed E-state index contributed by atoms with van der Waals surface area (Å²) < 4.78 is 43.8. The van der Waals surface area contributed by atoms with Gasteiger partial charge in [0, 0.05) is 29.5 Å². The maximum absolute atomic E-state index is 14.1. The van der Waals surface area contributed by atoms with Gasteiger partial charge in [0.2, 0.25) is 5.43 Å². The minimum Gasteiger partial charge on any atom is -0.502 e. The van der Waals surface area contributed by atoms with Gasteiger partial charge in [-0.15, -0.1) is 11.8 Å². The number of carbonyl (C=O) groups is 1. The van der Waals surface area contributed by atoms with Crippen molar-refractivity contribution >= 4 is 17.7 Å². The molecule has 4 heterocycles. The number of nitrogens with zero attached hydrogens (tertiary/aromatic N) is 3. The number of thioether (sulfide) groups is 1. The lowest BCUT2D eigenvalue weighted by Gasteiger charge is -2.51. The largest absolute Gasteiger partial charge is 0.502 e. The zero-order valence-electron chi connectivity index (χ0n) is 19.0. The van der Waals surface area contributed by atoms with Crippen molar-refractivity contribution in [2.75, 3.05) is 11.6 Å². The molecule has 10 heteroatoms. The van der Waals surface area contributed by atoms with Crippen molar-refractivity contribution in [2.24, 2.45) is 0 Å². The number of hydrogen-bond acceptors (Lipinski definition) is 5. The quantitative estimate of drug-likeness (QED) is 0.503. The number of fused-ring (bicyclic) bond motifs is 4. The fraction of sp³-hybridized carbons (Fsp3) is 0.308. The Bertz CT molecular complexity index is 1440. The van der Waals surface area contributed by atoms with E-state index in [9.17, 15) is 27.9 Å². The van der Waals surface area contributed by atoms with Gasteiger partial charge in [0.1, 0.15) is 6.17 Å². The number of benzene rings is 2. The number of rotatable bonds is 1. The molecule has 2 aromatic carbocycles. The maximum atomic E-state index is 14.1. The number of halogens is 3. The van der Waals surface area contributed by atoms with Crippen LogP contribution < -0.4 is 10.4 Å². The van der Waals surface area contributed by atoms with Crippen molar-refractivity contribution in [1.82, 2.24) is 9.58 Å². The van der Waals surface area contributed by atoms with Gasteiger partial charge >= 0.3 is 6.18 Å². The number of amides is 1. The second-order valence-corrected chi connectivity index (χ2v) is 10.2. The molecule has 1 N–H and O–H groups in total. The smallest absolute Gasteiger partial charge is 0.416 e. The normalized spacial score (nSPS) is 21.2. The van der Waals surface area contributed by atoms with E-state index in [4.69, 9.17) is 0 Å². The number of carbonyl (C=O) groups excluding carboxylic acids is 1. The Labute approximate surface area is 208 Å². The van der Waals surface area contributed by atoms with Crippen LogP contribution in [-0.2, 0) is 11.9 Å². The minimum absolute atomic E-state index is 0.141. The molecular formula is C26H22F3N3O3S. The Morgan fingerprint density at radius 3 is 2.56 bits per heavy atom. The minimum atomic E-state index is -4.53. The highest BCUT2D eigenvalue weighted by Crippen LogP contribution is 2.47. The summed E-state index contributed by atoms with van der Waals surface area (Å²) in [5.74, 6) is -0.967. The average Bonchev–Trinajstić information content (AvgIpc) is 3.03. The molecule has 6 nitrogen and oxygen atoms in total. The Kier molecular flexibility index (Phi) is 5.33. The maximum Gasteiger partial charge on any atom is 0.416 e. The van der Waals surface area contributed by atoms with E-state index in [1.54, 1.807) is 11.0 Å². The molecule has 2 atom stereocenters. The molecule has 3 aromatic rings. The third-order valence-corrected chi connectivity index (χ3v) is 8.32. The van der Waals surface area contributed by atoms with E-state index in [0.717, 1.165) is 29.4 Å². The van der Waals surface area contributed by atoms with E-state index in [-0.39, 0.29) is 17.0 Å². The molecule has 3 aliphatic rings. The number of aromatic nitrogens is 1. The van der Waals surface area contributed by atoms with Gasteiger partial charge in [-0.05, 0) is 48.1 Å². The zero-order chi connectivity index (χ0) is 25.2. The van der Waals surface area contributed by atoms with E-state index in [0.29, 0.717) is 18.5 Å². The van der Waals surface area contributed by atoms with Crippen LogP contribution in [0.2, 0.25) is 0 Å². The molecule has 0 bridgehead atoms. The Morgan fingerprint density at radius 1 is 0.972 bits per heavy atom. The molecule has 1 fully saturated rings. The van der Waals surface area contributed by atoms with Crippen LogP contribution in [0.3, 0.4) is 0 Å². The summed E-state index contributed by atoms with van der Waals surface area (Å²) >= 11 is 1.35. The summed E-state index contributed by atoms with van der Waals surface area (Å²) in [7, 11) is 0. The predicted molar refractivity (Wildman–Crippen MR) is 129 cm³/mol. The molecule has 36 heavy (non-hydrogen) atoms. The molecule has 0 radical (unpaired) electrons. The van der Waals surface area contributed by atoms with Crippen LogP contribution in [0.5, 0.6) is 5.75 Å². The molecule has 3 aliphatic heterocycles. The molecule has 1 amide bonds. The van der Waals surface area contributed by atoms with E-state index < -0.39 is 41.0 Å². The first kappa shape index (κ1) is 23.0. The molecule has 1 saturated heterocycles. The van der Waals surface area contributed by atoms with E-state index in [1.807, 2.05) is 29.3 Å².